The molecule has 0 atom stereocenters. The van der Waals surface area contributed by atoms with E-state index >= 15 is 0 Å². The van der Waals surface area contributed by atoms with Gasteiger partial charge in [-0.2, -0.15) is 0 Å². The molecule has 2 N–H and O–H groups in total. The van der Waals surface area contributed by atoms with Crippen LogP contribution in [-0.4, -0.2) is 31.3 Å². The van der Waals surface area contributed by atoms with Crippen LogP contribution in [0.5, 0.6) is 0 Å². The molecule has 0 radical (unpaired) electrons. The lowest BCUT2D eigenvalue weighted by Crippen LogP contribution is -2.18. The van der Waals surface area contributed by atoms with Crippen LogP contribution >= 0.6 is 0 Å². The molecule has 0 saturated heterocycles. The fraction of sp³-hybridized carbons (Fsp3) is 0.500. The van der Waals surface area contributed by atoms with Gasteiger partial charge in [0.25, 0.3) is 0 Å². The van der Waals surface area contributed by atoms with Gasteiger partial charge in [-0.3, -0.25) is 10.1 Å². The largest absolute Gasteiger partial charge is 0.450 e. The summed E-state index contributed by atoms with van der Waals surface area (Å²) in [5.41, 5.74) is 2.03. The Morgan fingerprint density at radius 3 is 2.41 bits per heavy atom. The number of carbonyl (C=O) groups excluding carboxylic acids is 2. The van der Waals surface area contributed by atoms with Gasteiger partial charge in [-0.15, -0.1) is 0 Å². The van der Waals surface area contributed by atoms with Crippen molar-refractivity contribution in [2.24, 2.45) is 0 Å². The highest BCUT2D eigenvalue weighted by Crippen LogP contribution is 2.23. The van der Waals surface area contributed by atoms with Crippen LogP contribution in [0.4, 0.5) is 16.2 Å². The quantitative estimate of drug-likeness (QED) is 0.810. The Labute approximate surface area is 131 Å². The number of ether oxygens (including phenoxy) is 2. The maximum Gasteiger partial charge on any atom is 0.411 e. The molecule has 1 rings (SSSR count). The molecule has 0 bridgehead atoms. The van der Waals surface area contributed by atoms with Crippen LogP contribution in [-0.2, 0) is 14.3 Å². The lowest BCUT2D eigenvalue weighted by molar-refractivity contribution is -0.117. The van der Waals surface area contributed by atoms with Gasteiger partial charge in [-0.05, 0) is 45.4 Å². The summed E-state index contributed by atoms with van der Waals surface area (Å²) < 4.78 is 10.2. The molecule has 6 heteroatoms. The molecule has 1 aromatic carbocycles. The van der Waals surface area contributed by atoms with E-state index in [2.05, 4.69) is 10.6 Å². The summed E-state index contributed by atoms with van der Waals surface area (Å²) in [6, 6.07) is 5.30. The van der Waals surface area contributed by atoms with Crippen molar-refractivity contribution in [3.05, 3.63) is 23.8 Å². The summed E-state index contributed by atoms with van der Waals surface area (Å²) in [5.74, 6) is -0.128. The first-order valence-corrected chi connectivity index (χ1v) is 7.38. The van der Waals surface area contributed by atoms with E-state index in [-0.39, 0.29) is 18.4 Å². The Kier molecular flexibility index (Phi) is 7.39. The molecule has 0 aliphatic heterocycles. The maximum atomic E-state index is 11.9. The highest BCUT2D eigenvalue weighted by atomic mass is 16.5. The van der Waals surface area contributed by atoms with Gasteiger partial charge in [0.1, 0.15) is 0 Å². The lowest BCUT2D eigenvalue weighted by Gasteiger charge is -2.13. The Bertz CT molecular complexity index is 515. The summed E-state index contributed by atoms with van der Waals surface area (Å²) in [6.07, 6.45) is -0.126. The molecule has 122 valence electrons. The van der Waals surface area contributed by atoms with Crippen molar-refractivity contribution < 1.29 is 19.1 Å². The fourth-order valence-electron chi connectivity index (χ4n) is 1.78. The van der Waals surface area contributed by atoms with Crippen molar-refractivity contribution in [2.45, 2.75) is 40.2 Å². The van der Waals surface area contributed by atoms with Crippen LogP contribution in [0.15, 0.2) is 18.2 Å². The molecule has 0 fully saturated rings. The van der Waals surface area contributed by atoms with Crippen LogP contribution in [0.1, 0.15) is 32.8 Å². The van der Waals surface area contributed by atoms with E-state index in [1.165, 1.54) is 0 Å². The predicted molar refractivity (Wildman–Crippen MR) is 86.2 cm³/mol. The second kappa shape index (κ2) is 9.04. The molecule has 0 heterocycles. The van der Waals surface area contributed by atoms with Gasteiger partial charge in [0.05, 0.1) is 25.7 Å². The smallest absolute Gasteiger partial charge is 0.411 e. The number of benzene rings is 1. The lowest BCUT2D eigenvalue weighted by atomic mass is 10.1. The van der Waals surface area contributed by atoms with Crippen LogP contribution < -0.4 is 10.6 Å². The van der Waals surface area contributed by atoms with E-state index in [0.29, 0.717) is 24.6 Å². The average Bonchev–Trinajstić information content (AvgIpc) is 2.43. The second-order valence-electron chi connectivity index (χ2n) is 5.04. The maximum absolute atomic E-state index is 11.9. The Morgan fingerprint density at radius 1 is 1.18 bits per heavy atom. The van der Waals surface area contributed by atoms with E-state index in [1.54, 1.807) is 25.1 Å². The molecule has 0 spiro atoms. The average molecular weight is 308 g/mol. The number of carbonyl (C=O) groups is 2. The van der Waals surface area contributed by atoms with Gasteiger partial charge in [0, 0.05) is 11.4 Å². The first kappa shape index (κ1) is 18.0. The molecular weight excluding hydrogens is 284 g/mol. The molecule has 0 unspecified atom stereocenters. The van der Waals surface area contributed by atoms with Gasteiger partial charge in [-0.25, -0.2) is 4.79 Å². The van der Waals surface area contributed by atoms with Gasteiger partial charge in [0.2, 0.25) is 5.91 Å². The minimum Gasteiger partial charge on any atom is -0.450 e. The zero-order valence-corrected chi connectivity index (χ0v) is 13.6. The van der Waals surface area contributed by atoms with Gasteiger partial charge in [-0.1, -0.05) is 6.07 Å². The van der Waals surface area contributed by atoms with Crippen molar-refractivity contribution >= 4 is 23.4 Å². The van der Waals surface area contributed by atoms with Gasteiger partial charge < -0.3 is 14.8 Å². The molecule has 6 nitrogen and oxygen atoms in total. The Hall–Kier alpha value is -2.08. The van der Waals surface area contributed by atoms with Crippen LogP contribution in [0.2, 0.25) is 0 Å². The summed E-state index contributed by atoms with van der Waals surface area (Å²) in [5, 5.41) is 5.46. The monoisotopic (exact) mass is 308 g/mol. The molecule has 22 heavy (non-hydrogen) atoms. The molecule has 1 aromatic rings. The summed E-state index contributed by atoms with van der Waals surface area (Å²) in [6.45, 7) is 8.09. The van der Waals surface area contributed by atoms with Crippen molar-refractivity contribution in [2.75, 3.05) is 23.8 Å². The van der Waals surface area contributed by atoms with Crippen LogP contribution in [0, 0.1) is 6.92 Å². The highest BCUT2D eigenvalue weighted by Gasteiger charge is 2.10. The number of nitrogens with one attached hydrogen (secondary N) is 2. The molecular formula is C16H24N2O4. The van der Waals surface area contributed by atoms with Gasteiger partial charge in [0.15, 0.2) is 0 Å². The third kappa shape index (κ3) is 6.13. The molecule has 0 saturated carbocycles. The van der Waals surface area contributed by atoms with Crippen molar-refractivity contribution in [1.29, 1.82) is 0 Å². The first-order chi connectivity index (χ1) is 10.4. The van der Waals surface area contributed by atoms with Crippen molar-refractivity contribution in [3.8, 4) is 0 Å². The normalized spacial score (nSPS) is 10.4. The molecule has 0 aromatic heterocycles. The Morgan fingerprint density at radius 2 is 1.82 bits per heavy atom. The molecule has 0 aliphatic rings. The number of amides is 2. The summed E-state index contributed by atoms with van der Waals surface area (Å²) in [4.78, 5) is 23.3. The Balaban J connectivity index is 2.64. The van der Waals surface area contributed by atoms with Gasteiger partial charge >= 0.3 is 6.09 Å². The number of anilines is 2. The van der Waals surface area contributed by atoms with Crippen molar-refractivity contribution in [1.82, 2.24) is 0 Å². The second-order valence-corrected chi connectivity index (χ2v) is 5.04. The fourth-order valence-corrected chi connectivity index (χ4v) is 1.78. The third-order valence-electron chi connectivity index (χ3n) is 2.90. The zero-order valence-electron chi connectivity index (χ0n) is 13.6. The SMILES string of the molecule is CCOC(=O)Nc1cccc(NC(=O)CCOC(C)C)c1C. The van der Waals surface area contributed by atoms with Crippen LogP contribution in [0.25, 0.3) is 0 Å². The van der Waals surface area contributed by atoms with E-state index in [0.717, 1.165) is 5.56 Å². The van der Waals surface area contributed by atoms with E-state index in [1.807, 2.05) is 20.8 Å². The number of hydrogen-bond donors (Lipinski definition) is 2. The van der Waals surface area contributed by atoms with E-state index in [4.69, 9.17) is 9.47 Å². The minimum absolute atomic E-state index is 0.103. The van der Waals surface area contributed by atoms with E-state index in [9.17, 15) is 9.59 Å². The molecule has 0 aliphatic carbocycles. The van der Waals surface area contributed by atoms with E-state index < -0.39 is 6.09 Å². The van der Waals surface area contributed by atoms with Crippen molar-refractivity contribution in [3.63, 3.8) is 0 Å². The number of rotatable bonds is 7. The minimum atomic E-state index is -0.514. The third-order valence-corrected chi connectivity index (χ3v) is 2.90. The summed E-state index contributed by atoms with van der Waals surface area (Å²) >= 11 is 0. The zero-order chi connectivity index (χ0) is 16.5. The standard InChI is InChI=1S/C16H24N2O4/c1-5-21-16(20)18-14-8-6-7-13(12(14)4)17-15(19)9-10-22-11(2)3/h6-8,11H,5,9-10H2,1-4H3,(H,17,19)(H,18,20). The first-order valence-electron chi connectivity index (χ1n) is 7.38. The molecule has 2 amide bonds. The predicted octanol–water partition coefficient (Wildman–Crippen LogP) is 3.32. The van der Waals surface area contributed by atoms with Crippen LogP contribution in [0.3, 0.4) is 0 Å². The topological polar surface area (TPSA) is 76.7 Å². The highest BCUT2D eigenvalue weighted by molar-refractivity contribution is 5.94. The number of hydrogen-bond acceptors (Lipinski definition) is 4. The summed E-state index contributed by atoms with van der Waals surface area (Å²) in [7, 11) is 0.